The van der Waals surface area contributed by atoms with Crippen molar-refractivity contribution in [3.05, 3.63) is 41.6 Å². The molecule has 2 fully saturated rings. The summed E-state index contributed by atoms with van der Waals surface area (Å²) in [7, 11) is 0.0859. The van der Waals surface area contributed by atoms with Crippen LogP contribution in [-0.2, 0) is 14.8 Å². The summed E-state index contributed by atoms with van der Waals surface area (Å²) in [6.07, 6.45) is 2.02. The van der Waals surface area contributed by atoms with Gasteiger partial charge >= 0.3 is 0 Å². The van der Waals surface area contributed by atoms with E-state index in [2.05, 4.69) is 30.7 Å². The standard InChI is InChI=1S/C26H30N6O7S/c1-35-20-10-16-19(11-18(20)28-24-12-17(29-30-24)14-4-5-14)39-31-26(16)32-40(33,34)25-21(36-2)8-15(9-22(25)37-3)23-13-27-6-7-38-23/h8-12,14,23,27H,4-7,13H2,1-3H3,(H,31,32)(H2,28,29,30). The minimum absolute atomic E-state index is 0.00888. The van der Waals surface area contributed by atoms with E-state index in [1.54, 1.807) is 24.3 Å². The zero-order valence-electron chi connectivity index (χ0n) is 22.2. The van der Waals surface area contributed by atoms with Crippen LogP contribution >= 0.6 is 0 Å². The van der Waals surface area contributed by atoms with E-state index in [9.17, 15) is 8.42 Å². The van der Waals surface area contributed by atoms with E-state index in [4.69, 9.17) is 23.5 Å². The van der Waals surface area contributed by atoms with Crippen LogP contribution in [0.3, 0.4) is 0 Å². The smallest absolute Gasteiger partial charge is 0.270 e. The van der Waals surface area contributed by atoms with E-state index < -0.39 is 10.0 Å². The number of aromatic amines is 1. The summed E-state index contributed by atoms with van der Waals surface area (Å²) in [6.45, 7) is 1.88. The summed E-state index contributed by atoms with van der Waals surface area (Å²) in [5.41, 5.74) is 2.70. The third kappa shape index (κ3) is 5.00. The Morgan fingerprint density at radius 2 is 1.75 bits per heavy atom. The molecule has 1 saturated heterocycles. The predicted molar refractivity (Wildman–Crippen MR) is 146 cm³/mol. The number of nitrogens with zero attached hydrogens (tertiary/aromatic N) is 2. The average molecular weight is 571 g/mol. The molecule has 0 radical (unpaired) electrons. The summed E-state index contributed by atoms with van der Waals surface area (Å²) < 4.78 is 57.7. The van der Waals surface area contributed by atoms with Crippen LogP contribution in [-0.4, -0.2) is 64.8 Å². The van der Waals surface area contributed by atoms with Gasteiger partial charge in [0.15, 0.2) is 16.3 Å². The van der Waals surface area contributed by atoms with Gasteiger partial charge < -0.3 is 34.1 Å². The molecule has 3 heterocycles. The largest absolute Gasteiger partial charge is 0.495 e. The second-order valence-corrected chi connectivity index (χ2v) is 11.2. The molecule has 1 aliphatic carbocycles. The molecule has 40 heavy (non-hydrogen) atoms. The fraction of sp³-hybridized carbons (Fsp3) is 0.385. The zero-order valence-corrected chi connectivity index (χ0v) is 23.1. The highest BCUT2D eigenvalue weighted by molar-refractivity contribution is 7.93. The summed E-state index contributed by atoms with van der Waals surface area (Å²) in [6, 6.07) is 8.57. The van der Waals surface area contributed by atoms with Gasteiger partial charge in [-0.2, -0.15) is 5.10 Å². The van der Waals surface area contributed by atoms with Crippen molar-refractivity contribution in [2.24, 2.45) is 0 Å². The van der Waals surface area contributed by atoms with E-state index >= 15 is 0 Å². The summed E-state index contributed by atoms with van der Waals surface area (Å²) >= 11 is 0. The maximum Gasteiger partial charge on any atom is 0.270 e. The highest BCUT2D eigenvalue weighted by Gasteiger charge is 2.30. The molecule has 4 N–H and O–H groups in total. The summed E-state index contributed by atoms with van der Waals surface area (Å²) in [5, 5.41) is 18.2. The molecule has 1 saturated carbocycles. The SMILES string of the molecule is COc1cc2c(NS(=O)(=O)c3c(OC)cc(C4CNCCO4)cc3OC)noc2cc1Nc1cc(C2CC2)n[nH]1. The van der Waals surface area contributed by atoms with Gasteiger partial charge in [0.25, 0.3) is 10.0 Å². The number of anilines is 3. The van der Waals surface area contributed by atoms with Crippen LogP contribution < -0.4 is 29.6 Å². The van der Waals surface area contributed by atoms with Crippen LogP contribution in [0.1, 0.15) is 36.1 Å². The van der Waals surface area contributed by atoms with Crippen LogP contribution in [0, 0.1) is 0 Å². The van der Waals surface area contributed by atoms with Gasteiger partial charge in [-0.3, -0.25) is 9.82 Å². The van der Waals surface area contributed by atoms with Gasteiger partial charge in [-0.25, -0.2) is 8.42 Å². The highest BCUT2D eigenvalue weighted by atomic mass is 32.2. The number of sulfonamides is 1. The Morgan fingerprint density at radius 1 is 1.00 bits per heavy atom. The molecule has 14 heteroatoms. The molecule has 4 aromatic rings. The summed E-state index contributed by atoms with van der Waals surface area (Å²) in [4.78, 5) is -0.169. The fourth-order valence-electron chi connectivity index (χ4n) is 4.75. The molecule has 0 bridgehead atoms. The lowest BCUT2D eigenvalue weighted by atomic mass is 10.1. The molecule has 212 valence electrons. The van der Waals surface area contributed by atoms with Gasteiger partial charge in [0.05, 0.1) is 50.8 Å². The molecule has 13 nitrogen and oxygen atoms in total. The predicted octanol–water partition coefficient (Wildman–Crippen LogP) is 3.66. The molecule has 0 spiro atoms. The van der Waals surface area contributed by atoms with E-state index in [1.807, 2.05) is 6.07 Å². The number of ether oxygens (including phenoxy) is 4. The molecule has 2 aromatic carbocycles. The number of nitrogens with one attached hydrogen (secondary N) is 4. The lowest BCUT2D eigenvalue weighted by Crippen LogP contribution is -2.33. The van der Waals surface area contributed by atoms with Gasteiger partial charge in [0.2, 0.25) is 0 Å². The molecule has 2 aromatic heterocycles. The maximum absolute atomic E-state index is 13.7. The number of benzene rings is 2. The average Bonchev–Trinajstić information content (AvgIpc) is 3.61. The van der Waals surface area contributed by atoms with Gasteiger partial charge in [-0.1, -0.05) is 5.16 Å². The van der Waals surface area contributed by atoms with Gasteiger partial charge in [0, 0.05) is 31.1 Å². The molecular weight excluding hydrogens is 540 g/mol. The Morgan fingerprint density at radius 3 is 2.40 bits per heavy atom. The normalized spacial score (nSPS) is 17.5. The fourth-order valence-corrected chi connectivity index (χ4v) is 6.07. The molecule has 6 rings (SSSR count). The van der Waals surface area contributed by atoms with E-state index in [1.165, 1.54) is 21.3 Å². The number of aromatic nitrogens is 3. The lowest BCUT2D eigenvalue weighted by molar-refractivity contribution is 0.0274. The van der Waals surface area contributed by atoms with Crippen molar-refractivity contribution in [1.29, 1.82) is 0 Å². The first-order chi connectivity index (χ1) is 19.4. The van der Waals surface area contributed by atoms with Gasteiger partial charge in [-0.05, 0) is 36.6 Å². The molecule has 1 atom stereocenters. The Bertz CT molecular complexity index is 1620. The van der Waals surface area contributed by atoms with E-state index in [0.717, 1.165) is 30.6 Å². The van der Waals surface area contributed by atoms with Crippen molar-refractivity contribution in [3.63, 3.8) is 0 Å². The third-order valence-corrected chi connectivity index (χ3v) is 8.34. The lowest BCUT2D eigenvalue weighted by Gasteiger charge is -2.25. The topological polar surface area (TPSA) is 162 Å². The van der Waals surface area contributed by atoms with Crippen molar-refractivity contribution >= 4 is 38.3 Å². The molecule has 0 amide bonds. The first-order valence-electron chi connectivity index (χ1n) is 12.8. The number of rotatable bonds is 10. The Labute approximate surface area is 230 Å². The molecule has 1 aliphatic heterocycles. The number of methoxy groups -OCH3 is 3. The van der Waals surface area contributed by atoms with Crippen molar-refractivity contribution < 1.29 is 31.9 Å². The summed E-state index contributed by atoms with van der Waals surface area (Å²) in [5.74, 6) is 1.88. The van der Waals surface area contributed by atoms with Crippen molar-refractivity contribution in [1.82, 2.24) is 20.7 Å². The second kappa shape index (κ2) is 10.5. The molecule has 2 aliphatic rings. The van der Waals surface area contributed by atoms with Crippen molar-refractivity contribution in [2.45, 2.75) is 29.8 Å². The van der Waals surface area contributed by atoms with Crippen LogP contribution in [0.5, 0.6) is 17.2 Å². The Balaban J connectivity index is 1.31. The number of H-pyrrole nitrogens is 1. The van der Waals surface area contributed by atoms with Crippen molar-refractivity contribution in [3.8, 4) is 17.2 Å². The number of hydrogen-bond acceptors (Lipinski definition) is 11. The zero-order chi connectivity index (χ0) is 27.9. The molecule has 1 unspecified atom stereocenters. The van der Waals surface area contributed by atoms with Crippen molar-refractivity contribution in [2.75, 3.05) is 51.1 Å². The molecular formula is C26H30N6O7S. The monoisotopic (exact) mass is 570 g/mol. The van der Waals surface area contributed by atoms with Gasteiger partial charge in [-0.15, -0.1) is 0 Å². The minimum Gasteiger partial charge on any atom is -0.495 e. The first kappa shape index (κ1) is 26.2. The Kier molecular flexibility index (Phi) is 6.90. The first-order valence-corrected chi connectivity index (χ1v) is 14.3. The van der Waals surface area contributed by atoms with Crippen LogP contribution in [0.2, 0.25) is 0 Å². The van der Waals surface area contributed by atoms with Crippen LogP contribution in [0.4, 0.5) is 17.3 Å². The van der Waals surface area contributed by atoms with Crippen LogP contribution in [0.15, 0.2) is 39.8 Å². The quantitative estimate of drug-likeness (QED) is 0.220. The van der Waals surface area contributed by atoms with Gasteiger partial charge in [0.1, 0.15) is 23.1 Å². The second-order valence-electron chi connectivity index (χ2n) is 9.61. The number of fused-ring (bicyclic) bond motifs is 1. The van der Waals surface area contributed by atoms with E-state index in [-0.39, 0.29) is 28.3 Å². The maximum atomic E-state index is 13.7. The minimum atomic E-state index is -4.23. The van der Waals surface area contributed by atoms with E-state index in [0.29, 0.717) is 47.3 Å². The number of hydrogen-bond donors (Lipinski definition) is 4. The Hall–Kier alpha value is -4.01. The van der Waals surface area contributed by atoms with Crippen LogP contribution in [0.25, 0.3) is 11.0 Å². The highest BCUT2D eigenvalue weighted by Crippen LogP contribution is 2.42. The third-order valence-electron chi connectivity index (χ3n) is 6.94. The number of morpholine rings is 1.